The highest BCUT2D eigenvalue weighted by Crippen LogP contribution is 2.26. The molecule has 2 N–H and O–H groups in total. The number of hydrogen-bond donors (Lipinski definition) is 2. The van der Waals surface area contributed by atoms with Crippen molar-refractivity contribution in [3.8, 4) is 0 Å². The van der Waals surface area contributed by atoms with Crippen LogP contribution in [0.1, 0.15) is 39.2 Å². The van der Waals surface area contributed by atoms with Crippen molar-refractivity contribution in [2.45, 2.75) is 45.2 Å². The topological polar surface area (TPSA) is 67.2 Å². The molecule has 5 heteroatoms. The fourth-order valence-electron chi connectivity index (χ4n) is 2.55. The number of aliphatic hydroxyl groups is 1. The van der Waals surface area contributed by atoms with Crippen molar-refractivity contribution in [1.82, 2.24) is 9.55 Å². The molecule has 0 radical (unpaired) electrons. The molecule has 0 amide bonds. The molecule has 0 saturated heterocycles. The molecule has 1 saturated carbocycles. The molecular weight excluding hydrogens is 230 g/mol. The molecule has 0 aromatic carbocycles. The van der Waals surface area contributed by atoms with E-state index in [2.05, 4.69) is 10.3 Å². The van der Waals surface area contributed by atoms with Crippen molar-refractivity contribution >= 4 is 5.82 Å². The maximum atomic E-state index is 12.2. The van der Waals surface area contributed by atoms with Crippen molar-refractivity contribution in [3.63, 3.8) is 0 Å². The number of anilines is 1. The van der Waals surface area contributed by atoms with Gasteiger partial charge in [0.2, 0.25) is 0 Å². The molecule has 1 aliphatic rings. The quantitative estimate of drug-likeness (QED) is 0.848. The Labute approximate surface area is 107 Å². The average Bonchev–Trinajstić information content (AvgIpc) is 2.78. The number of nitrogens with zero attached hydrogens (tertiary/aromatic N) is 2. The predicted octanol–water partition coefficient (Wildman–Crippen LogP) is 1.40. The summed E-state index contributed by atoms with van der Waals surface area (Å²) in [6.07, 6.45) is 6.44. The van der Waals surface area contributed by atoms with Crippen LogP contribution in [0.25, 0.3) is 0 Å². The molecule has 2 atom stereocenters. The Morgan fingerprint density at radius 1 is 1.56 bits per heavy atom. The van der Waals surface area contributed by atoms with Crippen LogP contribution in [-0.2, 0) is 0 Å². The molecule has 1 aliphatic carbocycles. The summed E-state index contributed by atoms with van der Waals surface area (Å²) < 4.78 is 1.66. The van der Waals surface area contributed by atoms with Crippen molar-refractivity contribution in [1.29, 1.82) is 0 Å². The van der Waals surface area contributed by atoms with Gasteiger partial charge in [-0.25, -0.2) is 4.98 Å². The van der Waals surface area contributed by atoms with Gasteiger partial charge in [0.05, 0.1) is 0 Å². The zero-order valence-corrected chi connectivity index (χ0v) is 11.0. The minimum absolute atomic E-state index is 0.0870. The second-order valence-corrected chi connectivity index (χ2v) is 5.21. The van der Waals surface area contributed by atoms with Crippen LogP contribution >= 0.6 is 0 Å². The van der Waals surface area contributed by atoms with E-state index in [0.29, 0.717) is 5.82 Å². The number of rotatable bonds is 4. The monoisotopic (exact) mass is 251 g/mol. The van der Waals surface area contributed by atoms with Crippen LogP contribution in [0, 0.1) is 5.92 Å². The van der Waals surface area contributed by atoms with E-state index in [1.807, 2.05) is 13.8 Å². The Morgan fingerprint density at radius 2 is 2.33 bits per heavy atom. The minimum atomic E-state index is -0.0870. The molecule has 0 bridgehead atoms. The molecule has 1 aromatic rings. The van der Waals surface area contributed by atoms with Gasteiger partial charge in [-0.2, -0.15) is 0 Å². The largest absolute Gasteiger partial charge is 0.396 e. The van der Waals surface area contributed by atoms with E-state index >= 15 is 0 Å². The fraction of sp³-hybridized carbons (Fsp3) is 0.692. The minimum Gasteiger partial charge on any atom is -0.396 e. The van der Waals surface area contributed by atoms with E-state index in [4.69, 9.17) is 0 Å². The van der Waals surface area contributed by atoms with Crippen LogP contribution in [-0.4, -0.2) is 27.3 Å². The van der Waals surface area contributed by atoms with E-state index in [-0.39, 0.29) is 30.2 Å². The third-order valence-corrected chi connectivity index (χ3v) is 3.64. The molecule has 18 heavy (non-hydrogen) atoms. The van der Waals surface area contributed by atoms with Crippen LogP contribution in [0.4, 0.5) is 5.82 Å². The Kier molecular flexibility index (Phi) is 4.01. The zero-order chi connectivity index (χ0) is 13.1. The van der Waals surface area contributed by atoms with Gasteiger partial charge in [0.25, 0.3) is 5.56 Å². The van der Waals surface area contributed by atoms with Gasteiger partial charge < -0.3 is 15.0 Å². The highest BCUT2D eigenvalue weighted by Gasteiger charge is 2.27. The van der Waals surface area contributed by atoms with Crippen LogP contribution < -0.4 is 10.9 Å². The number of nitrogens with one attached hydrogen (secondary N) is 1. The Morgan fingerprint density at radius 3 is 3.00 bits per heavy atom. The summed E-state index contributed by atoms with van der Waals surface area (Å²) in [6.45, 7) is 4.11. The summed E-state index contributed by atoms with van der Waals surface area (Å²) in [5.41, 5.74) is -0.0870. The second kappa shape index (κ2) is 5.52. The van der Waals surface area contributed by atoms with Gasteiger partial charge in [0.15, 0.2) is 5.82 Å². The average molecular weight is 251 g/mol. The molecule has 1 heterocycles. The van der Waals surface area contributed by atoms with Crippen LogP contribution in [0.2, 0.25) is 0 Å². The van der Waals surface area contributed by atoms with Gasteiger partial charge in [-0.05, 0) is 26.7 Å². The third kappa shape index (κ3) is 2.56. The lowest BCUT2D eigenvalue weighted by Crippen LogP contribution is -2.32. The summed E-state index contributed by atoms with van der Waals surface area (Å²) in [5, 5.41) is 12.5. The maximum absolute atomic E-state index is 12.2. The van der Waals surface area contributed by atoms with Crippen LogP contribution in [0.15, 0.2) is 17.2 Å². The van der Waals surface area contributed by atoms with E-state index in [1.54, 1.807) is 17.0 Å². The predicted molar refractivity (Wildman–Crippen MR) is 70.7 cm³/mol. The van der Waals surface area contributed by atoms with Crippen LogP contribution in [0.3, 0.4) is 0 Å². The van der Waals surface area contributed by atoms with Gasteiger partial charge >= 0.3 is 0 Å². The lowest BCUT2D eigenvalue weighted by Gasteiger charge is -2.20. The third-order valence-electron chi connectivity index (χ3n) is 3.64. The van der Waals surface area contributed by atoms with Gasteiger partial charge in [0, 0.05) is 37.0 Å². The Bertz CT molecular complexity index is 456. The summed E-state index contributed by atoms with van der Waals surface area (Å²) in [5.74, 6) is 0.635. The Hall–Kier alpha value is -1.36. The Balaban J connectivity index is 2.19. The first-order valence-electron chi connectivity index (χ1n) is 6.58. The first kappa shape index (κ1) is 13.1. The van der Waals surface area contributed by atoms with Gasteiger partial charge in [-0.3, -0.25) is 4.79 Å². The van der Waals surface area contributed by atoms with E-state index in [1.165, 1.54) is 0 Å². The molecule has 1 aromatic heterocycles. The molecule has 2 rings (SSSR count). The lowest BCUT2D eigenvalue weighted by atomic mass is 10.1. The first-order valence-corrected chi connectivity index (χ1v) is 6.58. The van der Waals surface area contributed by atoms with E-state index < -0.39 is 0 Å². The number of hydrogen-bond acceptors (Lipinski definition) is 4. The molecule has 1 fully saturated rings. The smallest absolute Gasteiger partial charge is 0.293 e. The molecule has 2 unspecified atom stereocenters. The van der Waals surface area contributed by atoms with Gasteiger partial charge in [-0.1, -0.05) is 6.42 Å². The van der Waals surface area contributed by atoms with Crippen molar-refractivity contribution in [2.24, 2.45) is 5.92 Å². The summed E-state index contributed by atoms with van der Waals surface area (Å²) in [7, 11) is 0. The number of aromatic nitrogens is 2. The summed E-state index contributed by atoms with van der Waals surface area (Å²) in [6, 6.07) is 0.288. The maximum Gasteiger partial charge on any atom is 0.293 e. The summed E-state index contributed by atoms with van der Waals surface area (Å²) >= 11 is 0. The van der Waals surface area contributed by atoms with Crippen molar-refractivity contribution in [3.05, 3.63) is 22.7 Å². The SMILES string of the molecule is CC(C)n1ccnc(NC2CCCC2CO)c1=O. The molecule has 0 aliphatic heterocycles. The standard InChI is InChI=1S/C13H21N3O2/c1-9(2)16-7-6-14-12(13(16)18)15-11-5-3-4-10(11)8-17/h6-7,9-11,17H,3-5,8H2,1-2H3,(H,14,15). The normalized spacial score (nSPS) is 23.6. The van der Waals surface area contributed by atoms with Gasteiger partial charge in [-0.15, -0.1) is 0 Å². The molecular formula is C13H21N3O2. The first-order chi connectivity index (χ1) is 8.63. The van der Waals surface area contributed by atoms with E-state index in [9.17, 15) is 9.90 Å². The highest BCUT2D eigenvalue weighted by atomic mass is 16.3. The zero-order valence-electron chi connectivity index (χ0n) is 11.0. The molecule has 0 spiro atoms. The van der Waals surface area contributed by atoms with Crippen molar-refractivity contribution < 1.29 is 5.11 Å². The second-order valence-electron chi connectivity index (χ2n) is 5.21. The van der Waals surface area contributed by atoms with E-state index in [0.717, 1.165) is 19.3 Å². The fourth-order valence-corrected chi connectivity index (χ4v) is 2.55. The highest BCUT2D eigenvalue weighted by molar-refractivity contribution is 5.33. The molecule has 100 valence electrons. The van der Waals surface area contributed by atoms with Crippen LogP contribution in [0.5, 0.6) is 0 Å². The summed E-state index contributed by atoms with van der Waals surface area (Å²) in [4.78, 5) is 16.3. The van der Waals surface area contributed by atoms with Gasteiger partial charge in [0.1, 0.15) is 0 Å². The van der Waals surface area contributed by atoms with Crippen molar-refractivity contribution in [2.75, 3.05) is 11.9 Å². The number of aliphatic hydroxyl groups excluding tert-OH is 1. The molecule has 5 nitrogen and oxygen atoms in total. The lowest BCUT2D eigenvalue weighted by molar-refractivity contribution is 0.222.